The number of benzene rings is 3. The Morgan fingerprint density at radius 2 is 1.68 bits per heavy atom. The van der Waals surface area contributed by atoms with Gasteiger partial charge in [0, 0.05) is 65.2 Å². The van der Waals surface area contributed by atoms with Crippen LogP contribution >= 0.6 is 23.2 Å². The molecule has 0 aliphatic carbocycles. The summed E-state index contributed by atoms with van der Waals surface area (Å²) >= 11 is 12.8. The Kier molecular flexibility index (Phi) is 16.6. The summed E-state index contributed by atoms with van der Waals surface area (Å²) in [5.74, 6) is -2.98. The number of nitrogens with zero attached hydrogens (tertiary/aromatic N) is 5. The molecule has 1 aliphatic rings. The molecular formula is C52H59Cl2FN10O7. The van der Waals surface area contributed by atoms with Gasteiger partial charge in [-0.3, -0.25) is 23.9 Å². The number of carbonyl (C=O) groups excluding carboxylic acids is 4. The quantitative estimate of drug-likeness (QED) is 0.0401. The number of carbonyl (C=O) groups is 4. The molecule has 1 saturated heterocycles. The number of piperidine rings is 1. The second kappa shape index (κ2) is 22.6. The van der Waals surface area contributed by atoms with E-state index in [1.54, 1.807) is 87.8 Å². The van der Waals surface area contributed by atoms with E-state index in [1.807, 2.05) is 32.6 Å². The fourth-order valence-corrected chi connectivity index (χ4v) is 8.83. The van der Waals surface area contributed by atoms with E-state index in [-0.39, 0.29) is 71.1 Å². The fraction of sp³-hybridized carbons (Fsp3) is 0.365. The largest absolute Gasteiger partial charge is 0.508 e. The Morgan fingerprint density at radius 1 is 0.931 bits per heavy atom. The summed E-state index contributed by atoms with van der Waals surface area (Å²) in [5, 5.41) is 42.2. The van der Waals surface area contributed by atoms with Gasteiger partial charge >= 0.3 is 5.97 Å². The maximum absolute atomic E-state index is 16.1. The number of rotatable bonds is 18. The molecule has 1 atom stereocenters. The van der Waals surface area contributed by atoms with Crippen LogP contribution in [0.4, 0.5) is 10.2 Å². The first-order valence-corrected chi connectivity index (χ1v) is 24.5. The molecule has 17 nitrogen and oxygen atoms in total. The lowest BCUT2D eigenvalue weighted by molar-refractivity contribution is -0.153. The van der Waals surface area contributed by atoms with Crippen molar-refractivity contribution in [3.8, 4) is 39.7 Å². The number of esters is 1. The van der Waals surface area contributed by atoms with Crippen LogP contribution in [0.5, 0.6) is 11.5 Å². The van der Waals surface area contributed by atoms with E-state index >= 15 is 4.39 Å². The van der Waals surface area contributed by atoms with E-state index in [2.05, 4.69) is 41.4 Å². The lowest BCUT2D eigenvalue weighted by Gasteiger charge is -2.33. The molecule has 1 fully saturated rings. The molecule has 1 aliphatic heterocycles. The highest BCUT2D eigenvalue weighted by molar-refractivity contribution is 6.33. The van der Waals surface area contributed by atoms with Crippen molar-refractivity contribution in [2.75, 3.05) is 31.6 Å². The first-order chi connectivity index (χ1) is 34.2. The SMILES string of the molecule is CCNC(=O)c1nnc(-c2cc(C(C)C)c(O)cc2O)n1-c1ccc(CN2CCC(C(=O)NC(C)(C)C(=O)OC[C@@H](NC(=O)c3cc(-c4cc(NC(C)C)ncc4Cl)c[nH]3)c3cccc(Cl)c3)CC2)c(F)c1. The number of halogens is 3. The van der Waals surface area contributed by atoms with Crippen LogP contribution in [-0.2, 0) is 20.9 Å². The molecule has 0 saturated carbocycles. The van der Waals surface area contributed by atoms with Crippen molar-refractivity contribution >= 4 is 52.7 Å². The maximum Gasteiger partial charge on any atom is 0.331 e. The van der Waals surface area contributed by atoms with Crippen molar-refractivity contribution in [2.45, 2.75) is 91.4 Å². The second-order valence-electron chi connectivity index (χ2n) is 18.9. The number of aromatic hydroxyl groups is 2. The minimum atomic E-state index is -1.44. The zero-order valence-electron chi connectivity index (χ0n) is 41.1. The van der Waals surface area contributed by atoms with Gasteiger partial charge in [0.15, 0.2) is 5.82 Å². The number of aromatic nitrogens is 5. The number of phenolic OH excluding ortho intramolecular Hbond substituents is 2. The first-order valence-electron chi connectivity index (χ1n) is 23.7. The molecule has 7 rings (SSSR count). The molecule has 0 radical (unpaired) electrons. The third kappa shape index (κ3) is 12.3. The van der Waals surface area contributed by atoms with E-state index in [0.717, 1.165) is 0 Å². The molecule has 20 heteroatoms. The minimum Gasteiger partial charge on any atom is -0.508 e. The lowest BCUT2D eigenvalue weighted by Crippen LogP contribution is -2.53. The summed E-state index contributed by atoms with van der Waals surface area (Å²) in [6, 6.07) is 16.9. The number of hydrogen-bond acceptors (Lipinski definition) is 12. The summed E-state index contributed by atoms with van der Waals surface area (Å²) in [6.45, 7) is 13.8. The van der Waals surface area contributed by atoms with Crippen molar-refractivity contribution in [3.63, 3.8) is 0 Å². The number of nitrogens with one attached hydrogen (secondary N) is 5. The van der Waals surface area contributed by atoms with Crippen LogP contribution < -0.4 is 21.3 Å². The van der Waals surface area contributed by atoms with Crippen LogP contribution in [-0.4, -0.2) is 101 Å². The maximum atomic E-state index is 16.1. The molecule has 0 bridgehead atoms. The van der Waals surface area contributed by atoms with E-state index in [1.165, 1.54) is 16.7 Å². The molecule has 3 amide bonds. The van der Waals surface area contributed by atoms with Gasteiger partial charge in [-0.2, -0.15) is 0 Å². The Morgan fingerprint density at radius 3 is 2.36 bits per heavy atom. The van der Waals surface area contributed by atoms with Gasteiger partial charge in [0.25, 0.3) is 11.8 Å². The molecule has 0 spiro atoms. The normalized spacial score (nSPS) is 13.8. The highest BCUT2D eigenvalue weighted by Crippen LogP contribution is 2.39. The van der Waals surface area contributed by atoms with Crippen LogP contribution in [0, 0.1) is 11.7 Å². The van der Waals surface area contributed by atoms with Crippen LogP contribution in [0.1, 0.15) is 111 Å². The van der Waals surface area contributed by atoms with Crippen LogP contribution in [0.15, 0.2) is 79.1 Å². The predicted octanol–water partition coefficient (Wildman–Crippen LogP) is 8.70. The van der Waals surface area contributed by atoms with Gasteiger partial charge in [0.1, 0.15) is 41.0 Å². The average Bonchev–Trinajstić information content (AvgIpc) is 4.00. The van der Waals surface area contributed by atoms with Gasteiger partial charge in [-0.05, 0) is 120 Å². The zero-order valence-corrected chi connectivity index (χ0v) is 42.6. The molecule has 3 aromatic carbocycles. The smallest absolute Gasteiger partial charge is 0.331 e. The first kappa shape index (κ1) is 52.8. The molecule has 7 N–H and O–H groups in total. The van der Waals surface area contributed by atoms with Crippen molar-refractivity contribution < 1.29 is 38.5 Å². The van der Waals surface area contributed by atoms with Gasteiger partial charge in [0.05, 0.1) is 22.3 Å². The van der Waals surface area contributed by atoms with Gasteiger partial charge in [-0.25, -0.2) is 14.2 Å². The predicted molar refractivity (Wildman–Crippen MR) is 273 cm³/mol. The number of phenols is 2. The van der Waals surface area contributed by atoms with Gasteiger partial charge < -0.3 is 41.2 Å². The molecule has 6 aromatic rings. The Balaban J connectivity index is 0.964. The van der Waals surface area contributed by atoms with Gasteiger partial charge in [-0.15, -0.1) is 10.2 Å². The Hall–Kier alpha value is -7.02. The number of H-pyrrole nitrogens is 1. The zero-order chi connectivity index (χ0) is 52.0. The molecule has 4 heterocycles. The van der Waals surface area contributed by atoms with E-state index < -0.39 is 41.1 Å². The number of aromatic amines is 1. The molecular weight excluding hydrogens is 967 g/mol. The second-order valence-corrected chi connectivity index (χ2v) is 19.7. The van der Waals surface area contributed by atoms with Crippen molar-refractivity contribution in [1.82, 2.24) is 45.6 Å². The summed E-state index contributed by atoms with van der Waals surface area (Å²) in [7, 11) is 0. The summed E-state index contributed by atoms with van der Waals surface area (Å²) < 4.78 is 23.2. The van der Waals surface area contributed by atoms with Crippen molar-refractivity contribution in [3.05, 3.63) is 123 Å². The third-order valence-electron chi connectivity index (χ3n) is 12.3. The Labute approximate surface area is 426 Å². The molecule has 380 valence electrons. The standard InChI is InChI=1S/C52H59Cl2FN10O7/c1-8-56-50(70)47-63-62-46(38-21-36(28(2)3)43(66)23-44(38)67)65(47)35-13-12-32(40(55)20-35)26-64-16-14-30(15-17-64)48(68)61-52(6,7)51(71)72-27-42(31-10-9-11-34(53)18-31)60-49(69)41-19-33(24-57-41)37-22-45(59-29(4)5)58-25-39(37)54/h9-13,18-25,28-30,42,57,66-67H,8,14-17,26-27H2,1-7H3,(H,56,70)(H,58,59)(H,60,69)(H,61,68)/t42-/m1/s1. The molecule has 0 unspecified atom stereocenters. The average molecular weight is 1030 g/mol. The number of pyridine rings is 1. The highest BCUT2D eigenvalue weighted by atomic mass is 35.5. The Bertz CT molecular complexity index is 2970. The van der Waals surface area contributed by atoms with Crippen LogP contribution in [0.3, 0.4) is 0 Å². The minimum absolute atomic E-state index is 0.0789. The lowest BCUT2D eigenvalue weighted by atomic mass is 9.94. The third-order valence-corrected chi connectivity index (χ3v) is 12.8. The van der Waals surface area contributed by atoms with Crippen LogP contribution in [0.2, 0.25) is 10.0 Å². The van der Waals surface area contributed by atoms with Gasteiger partial charge in [-0.1, -0.05) is 55.2 Å². The van der Waals surface area contributed by atoms with Crippen LogP contribution in [0.25, 0.3) is 28.2 Å². The number of anilines is 1. The number of amides is 3. The van der Waals surface area contributed by atoms with E-state index in [9.17, 15) is 29.4 Å². The highest BCUT2D eigenvalue weighted by Gasteiger charge is 2.36. The van der Waals surface area contributed by atoms with E-state index in [4.69, 9.17) is 27.9 Å². The summed E-state index contributed by atoms with van der Waals surface area (Å²) in [6.07, 6.45) is 4.09. The van der Waals surface area contributed by atoms with Crippen molar-refractivity contribution in [2.24, 2.45) is 5.92 Å². The van der Waals surface area contributed by atoms with Gasteiger partial charge in [0.2, 0.25) is 11.7 Å². The number of ether oxygens (including phenoxy) is 1. The molecule has 72 heavy (non-hydrogen) atoms. The summed E-state index contributed by atoms with van der Waals surface area (Å²) in [4.78, 5) is 63.5. The van der Waals surface area contributed by atoms with E-state index in [0.29, 0.717) is 76.2 Å². The number of likely N-dealkylation sites (tertiary alicyclic amines) is 1. The number of hydrogen-bond donors (Lipinski definition) is 7. The molecule has 3 aromatic heterocycles. The summed E-state index contributed by atoms with van der Waals surface area (Å²) in [5.41, 5.74) is 2.07. The van der Waals surface area contributed by atoms with Crippen molar-refractivity contribution in [1.29, 1.82) is 0 Å². The monoisotopic (exact) mass is 1020 g/mol. The topological polar surface area (TPSA) is 229 Å². The fourth-order valence-electron chi connectivity index (χ4n) is 8.42.